The number of aliphatic hydroxyl groups is 1. The molecule has 8 heterocycles. The van der Waals surface area contributed by atoms with E-state index in [0.29, 0.717) is 38.9 Å². The normalized spacial score (nSPS) is 17.6. The van der Waals surface area contributed by atoms with Crippen LogP contribution in [0.4, 0.5) is 23.3 Å². The Labute approximate surface area is 341 Å². The number of nitrogens with zero attached hydrogens (tertiary/aromatic N) is 9. The molecule has 0 radical (unpaired) electrons. The van der Waals surface area contributed by atoms with E-state index >= 15 is 0 Å². The minimum Gasteiger partial charge on any atom is -0.481 e. The highest BCUT2D eigenvalue weighted by molar-refractivity contribution is 7.19. The molecule has 2 aliphatic heterocycles. The molecule has 0 bridgehead atoms. The fourth-order valence-corrected chi connectivity index (χ4v) is 10.7. The number of carboxylic acid groups (broad SMARTS) is 1. The molecule has 0 aromatic carbocycles. The number of anilines is 4. The van der Waals surface area contributed by atoms with Crippen LogP contribution in [0.5, 0.6) is 0 Å². The molecule has 0 saturated heterocycles. The van der Waals surface area contributed by atoms with Gasteiger partial charge in [0.25, 0.3) is 0 Å². The maximum absolute atomic E-state index is 13.0. The lowest BCUT2D eigenvalue weighted by molar-refractivity contribution is -0.142. The molecule has 1 amide bonds. The highest BCUT2D eigenvalue weighted by Gasteiger charge is 2.33. The van der Waals surface area contributed by atoms with Crippen molar-refractivity contribution in [3.8, 4) is 0 Å². The number of aryl methyl sites for hydroxylation is 2. The van der Waals surface area contributed by atoms with Crippen molar-refractivity contribution < 1.29 is 19.8 Å². The van der Waals surface area contributed by atoms with Gasteiger partial charge in [0, 0.05) is 76.3 Å². The van der Waals surface area contributed by atoms with Gasteiger partial charge in [-0.3, -0.25) is 19.6 Å². The predicted molar refractivity (Wildman–Crippen MR) is 225 cm³/mol. The van der Waals surface area contributed by atoms with Crippen LogP contribution in [-0.4, -0.2) is 88.5 Å². The Balaban J connectivity index is 0.000000153. The first-order valence-corrected chi connectivity index (χ1v) is 20.8. The van der Waals surface area contributed by atoms with E-state index in [-0.39, 0.29) is 17.7 Å². The van der Waals surface area contributed by atoms with Crippen LogP contribution in [-0.2, 0) is 48.4 Å². The summed E-state index contributed by atoms with van der Waals surface area (Å²) in [5.74, 6) is 1.90. The number of aliphatic carboxylic acids is 1. The van der Waals surface area contributed by atoms with Gasteiger partial charge in [0.15, 0.2) is 0 Å². The molecular formula is C41H41N11O4S2. The fourth-order valence-electron chi connectivity index (χ4n) is 8.17. The van der Waals surface area contributed by atoms with E-state index in [2.05, 4.69) is 50.5 Å². The lowest BCUT2D eigenvalue weighted by Crippen LogP contribution is -2.43. The largest absolute Gasteiger partial charge is 0.481 e. The molecule has 296 valence electrons. The molecule has 0 saturated carbocycles. The van der Waals surface area contributed by atoms with Gasteiger partial charge in [0.1, 0.15) is 45.6 Å². The van der Waals surface area contributed by atoms with E-state index in [0.717, 1.165) is 90.1 Å². The Bertz CT molecular complexity index is 2670. The molecule has 17 heteroatoms. The zero-order chi connectivity index (χ0) is 40.1. The number of aliphatic imine (C=N–C) groups is 2. The highest BCUT2D eigenvalue weighted by atomic mass is 32.1. The zero-order valence-electron chi connectivity index (χ0n) is 32.2. The summed E-state index contributed by atoms with van der Waals surface area (Å²) >= 11 is 3.21. The minimum absolute atomic E-state index is 0.0788. The number of pyridine rings is 2. The van der Waals surface area contributed by atoms with Crippen LogP contribution >= 0.6 is 22.7 Å². The Hall–Kier alpha value is -5.78. The average Bonchev–Trinajstić information content (AvgIpc) is 4.01. The summed E-state index contributed by atoms with van der Waals surface area (Å²) < 4.78 is 0. The first kappa shape index (κ1) is 37.8. The van der Waals surface area contributed by atoms with Crippen LogP contribution < -0.4 is 10.6 Å². The van der Waals surface area contributed by atoms with E-state index in [1.54, 1.807) is 54.8 Å². The molecular weight excluding hydrogens is 775 g/mol. The van der Waals surface area contributed by atoms with E-state index < -0.39 is 11.6 Å². The smallest absolute Gasteiger partial charge is 0.306 e. The van der Waals surface area contributed by atoms with Gasteiger partial charge in [-0.05, 0) is 75.6 Å². The van der Waals surface area contributed by atoms with Crippen molar-refractivity contribution >= 4 is 90.7 Å². The van der Waals surface area contributed by atoms with Crippen LogP contribution in [0.15, 0.2) is 47.2 Å². The number of fused-ring (bicyclic) bond motifs is 8. The number of rotatable bonds is 8. The van der Waals surface area contributed by atoms with Crippen LogP contribution in [0.3, 0.4) is 0 Å². The SMILES string of the molecule is CN(CC(C)(C)O)C(=O)[C@H]1CCc2c(sc3ncnc(Nc4cc5c(cn4)CN=C5)c23)C1.O=C(O)[C@H]1CCc2c(sc3ncnc(Nc4cc5c(cn4)CN=C5)c23)C1. The lowest BCUT2D eigenvalue weighted by Gasteiger charge is -2.30. The molecule has 4 N–H and O–H groups in total. The van der Waals surface area contributed by atoms with E-state index in [1.165, 1.54) is 22.3 Å². The third kappa shape index (κ3) is 7.52. The molecule has 6 aromatic rings. The second-order valence-electron chi connectivity index (χ2n) is 15.8. The van der Waals surface area contributed by atoms with Gasteiger partial charge in [-0.15, -0.1) is 22.7 Å². The van der Waals surface area contributed by atoms with Gasteiger partial charge in [0.05, 0.1) is 35.4 Å². The Morgan fingerprint density at radius 1 is 0.776 bits per heavy atom. The van der Waals surface area contributed by atoms with Crippen molar-refractivity contribution in [3.05, 3.63) is 80.3 Å². The second kappa shape index (κ2) is 15.2. The number of amides is 1. The summed E-state index contributed by atoms with van der Waals surface area (Å²) in [6, 6.07) is 3.96. The minimum atomic E-state index is -0.907. The topological polar surface area (TPSA) is 204 Å². The van der Waals surface area contributed by atoms with Crippen LogP contribution in [0.2, 0.25) is 0 Å². The van der Waals surface area contributed by atoms with Gasteiger partial charge in [0.2, 0.25) is 5.91 Å². The number of carbonyl (C=O) groups is 2. The fraction of sp³-hybridized carbons (Fsp3) is 0.366. The molecule has 10 rings (SSSR count). The second-order valence-corrected chi connectivity index (χ2v) is 17.9. The number of carbonyl (C=O) groups excluding carboxylic acids is 1. The average molecular weight is 816 g/mol. The number of likely N-dealkylation sites (N-methyl/N-ethyl adjacent to an activating group) is 1. The van der Waals surface area contributed by atoms with Gasteiger partial charge < -0.3 is 25.7 Å². The number of carboxylic acids is 1. The lowest BCUT2D eigenvalue weighted by atomic mass is 9.86. The predicted octanol–water partition coefficient (Wildman–Crippen LogP) is 6.05. The summed E-state index contributed by atoms with van der Waals surface area (Å²) in [5, 5.41) is 28.1. The van der Waals surface area contributed by atoms with Gasteiger partial charge >= 0.3 is 5.97 Å². The monoisotopic (exact) mass is 815 g/mol. The third-order valence-electron chi connectivity index (χ3n) is 10.9. The van der Waals surface area contributed by atoms with E-state index in [4.69, 9.17) is 0 Å². The molecule has 6 aromatic heterocycles. The van der Waals surface area contributed by atoms with Gasteiger partial charge in [-0.25, -0.2) is 29.9 Å². The zero-order valence-corrected chi connectivity index (χ0v) is 33.8. The van der Waals surface area contributed by atoms with E-state index in [1.807, 2.05) is 37.0 Å². The summed E-state index contributed by atoms with van der Waals surface area (Å²) in [5.41, 5.74) is 5.90. The molecule has 0 spiro atoms. The molecule has 2 atom stereocenters. The van der Waals surface area contributed by atoms with Crippen molar-refractivity contribution in [3.63, 3.8) is 0 Å². The van der Waals surface area contributed by atoms with Crippen LogP contribution in [0, 0.1) is 11.8 Å². The molecule has 2 aliphatic carbocycles. The molecule has 0 fully saturated rings. The Morgan fingerprint density at radius 2 is 1.28 bits per heavy atom. The first-order valence-electron chi connectivity index (χ1n) is 19.2. The van der Waals surface area contributed by atoms with Crippen molar-refractivity contribution in [1.82, 2.24) is 34.8 Å². The van der Waals surface area contributed by atoms with Crippen molar-refractivity contribution in [1.29, 1.82) is 0 Å². The first-order chi connectivity index (χ1) is 28.0. The number of aromatic nitrogens is 6. The Kier molecular flexibility index (Phi) is 9.89. The summed E-state index contributed by atoms with van der Waals surface area (Å²) in [7, 11) is 1.77. The summed E-state index contributed by atoms with van der Waals surface area (Å²) in [4.78, 5) is 65.4. The van der Waals surface area contributed by atoms with Gasteiger partial charge in [-0.2, -0.15) is 0 Å². The number of nitrogens with one attached hydrogen (secondary N) is 2. The highest BCUT2D eigenvalue weighted by Crippen LogP contribution is 2.42. The maximum Gasteiger partial charge on any atom is 0.306 e. The van der Waals surface area contributed by atoms with Crippen LogP contribution in [0.1, 0.15) is 69.8 Å². The summed E-state index contributed by atoms with van der Waals surface area (Å²) in [6.45, 7) is 5.13. The quantitative estimate of drug-likeness (QED) is 0.139. The number of hydrogen-bond acceptors (Lipinski definition) is 15. The van der Waals surface area contributed by atoms with Crippen LogP contribution in [0.25, 0.3) is 20.4 Å². The molecule has 4 aliphatic rings. The maximum atomic E-state index is 13.0. The molecule has 58 heavy (non-hydrogen) atoms. The summed E-state index contributed by atoms with van der Waals surface area (Å²) in [6.07, 6.45) is 14.7. The number of hydrogen-bond donors (Lipinski definition) is 4. The van der Waals surface area contributed by atoms with Crippen molar-refractivity contribution in [2.75, 3.05) is 24.2 Å². The molecule has 15 nitrogen and oxygen atoms in total. The van der Waals surface area contributed by atoms with Crippen molar-refractivity contribution in [2.24, 2.45) is 21.8 Å². The third-order valence-corrected chi connectivity index (χ3v) is 13.2. The van der Waals surface area contributed by atoms with Gasteiger partial charge in [-0.1, -0.05) is 0 Å². The van der Waals surface area contributed by atoms with Crippen molar-refractivity contribution in [2.45, 2.75) is 71.1 Å². The Morgan fingerprint density at radius 3 is 1.78 bits per heavy atom. The number of thiophene rings is 2. The van der Waals surface area contributed by atoms with E-state index in [9.17, 15) is 19.8 Å². The molecule has 0 unspecified atom stereocenters. The standard InChI is InChI=1S/C23H26N6O2S.C18H15N5O2S/c1-23(2,31)11-29(3)22(30)13-4-5-16-17(6-13)32-21-19(16)20(26-12-27-21)28-18-7-14-8-24-9-15(14)10-25-18;24-18(25)9-1-2-12-13(3-9)26-17-15(12)16(21-8-22-17)23-14-4-10-5-19-6-11(10)7-20-14/h7-8,10,12-13,31H,4-6,9,11H2,1-3H3,(H,25,26,27,28);4-5,7-9H,1-3,6H2,(H,24,25)(H,20,21,22,23)/t13-;9-/m00/s1.